The highest BCUT2D eigenvalue weighted by atomic mass is 31.2. The minimum atomic E-state index is -5.00. The highest BCUT2D eigenvalue weighted by Crippen LogP contribution is 2.39. The number of nitrogens with zero attached hydrogens (tertiary/aromatic N) is 2. The quantitative estimate of drug-likeness (QED) is 0.207. The Hall–Kier alpha value is -4.00. The standard InChI is InChI=1S/C30H41N6O8P/c1-16(2)22(8-5-17(3)31)33-28(39)26-10-7-21-11-12-35(18(4)37)15-25(29(40)36(21)26)34-27(38)24-14-20-13-19(6-9-23(20)32-24)30(41)45(42,43)44/h6,9,13-14,16,21-22,25-26,32H,3,5,7-8,10-12,15,31H2,1-2,4H3,(H,33,39)(H,34,38)(H2,42,43,44)/t21-,22+,25+,26+/m1/s1. The number of hydrogen-bond acceptors (Lipinski definition) is 7. The summed E-state index contributed by atoms with van der Waals surface area (Å²) < 4.78 is 11.4. The molecule has 2 saturated heterocycles. The SMILES string of the molecule is C=C(N)CC[C@H](NC(=O)[C@@H]1CC[C@@H]2CCN(C(C)=O)C[C@H](NC(=O)c3cc4cc(C(=O)P(=O)(O)O)ccc4[nH]3)C(=O)N21)C(C)C. The molecule has 15 heteroatoms. The lowest BCUT2D eigenvalue weighted by Crippen LogP contribution is -2.61. The van der Waals surface area contributed by atoms with Crippen molar-refractivity contribution in [1.82, 2.24) is 25.4 Å². The molecule has 4 rings (SSSR count). The Morgan fingerprint density at radius 3 is 2.49 bits per heavy atom. The van der Waals surface area contributed by atoms with E-state index in [0.717, 1.165) is 0 Å². The molecular weight excluding hydrogens is 603 g/mol. The van der Waals surface area contributed by atoms with E-state index in [1.807, 2.05) is 13.8 Å². The van der Waals surface area contributed by atoms with Crippen molar-refractivity contribution in [2.24, 2.45) is 11.7 Å². The molecule has 4 atom stereocenters. The summed E-state index contributed by atoms with van der Waals surface area (Å²) in [6, 6.07) is 2.93. The highest BCUT2D eigenvalue weighted by Gasteiger charge is 2.45. The molecule has 1 aromatic heterocycles. The third kappa shape index (κ3) is 7.81. The van der Waals surface area contributed by atoms with Gasteiger partial charge in [0.2, 0.25) is 17.7 Å². The van der Waals surface area contributed by atoms with E-state index < -0.39 is 37.0 Å². The first kappa shape index (κ1) is 33.9. The lowest BCUT2D eigenvalue weighted by Gasteiger charge is -2.38. The molecule has 1 aromatic carbocycles. The van der Waals surface area contributed by atoms with Crippen LogP contribution in [0.5, 0.6) is 0 Å². The average Bonchev–Trinajstić information content (AvgIpc) is 3.58. The van der Waals surface area contributed by atoms with Crippen LogP contribution in [-0.4, -0.2) is 91.0 Å². The summed E-state index contributed by atoms with van der Waals surface area (Å²) in [5.74, 6) is -1.56. The molecule has 0 aliphatic carbocycles. The average molecular weight is 645 g/mol. The van der Waals surface area contributed by atoms with Gasteiger partial charge in [-0.05, 0) is 62.3 Å². The van der Waals surface area contributed by atoms with E-state index in [-0.39, 0.29) is 47.6 Å². The molecule has 0 bridgehead atoms. The first-order valence-electron chi connectivity index (χ1n) is 14.9. The minimum Gasteiger partial charge on any atom is -0.403 e. The van der Waals surface area contributed by atoms with Gasteiger partial charge in [-0.15, -0.1) is 0 Å². The number of H-pyrrole nitrogens is 1. The molecule has 7 N–H and O–H groups in total. The Bertz CT molecular complexity index is 1560. The van der Waals surface area contributed by atoms with Crippen LogP contribution in [0.4, 0.5) is 0 Å². The first-order valence-corrected chi connectivity index (χ1v) is 16.5. The summed E-state index contributed by atoms with van der Waals surface area (Å²) in [6.07, 6.45) is 2.65. The molecular formula is C30H41N6O8P. The Kier molecular flexibility index (Phi) is 10.2. The van der Waals surface area contributed by atoms with Crippen molar-refractivity contribution in [3.63, 3.8) is 0 Å². The van der Waals surface area contributed by atoms with Gasteiger partial charge in [0.25, 0.3) is 11.4 Å². The van der Waals surface area contributed by atoms with Crippen molar-refractivity contribution in [3.05, 3.63) is 47.8 Å². The van der Waals surface area contributed by atoms with Crippen LogP contribution in [0.15, 0.2) is 36.5 Å². The van der Waals surface area contributed by atoms with Crippen LogP contribution >= 0.6 is 7.60 Å². The van der Waals surface area contributed by atoms with Crippen molar-refractivity contribution in [1.29, 1.82) is 0 Å². The number of fused-ring (bicyclic) bond motifs is 2. The van der Waals surface area contributed by atoms with Crippen LogP contribution in [0.1, 0.15) is 73.7 Å². The van der Waals surface area contributed by atoms with Crippen molar-refractivity contribution >= 4 is 47.7 Å². The molecule has 45 heavy (non-hydrogen) atoms. The van der Waals surface area contributed by atoms with Gasteiger partial charge in [-0.25, -0.2) is 0 Å². The van der Waals surface area contributed by atoms with E-state index in [4.69, 9.17) is 5.73 Å². The van der Waals surface area contributed by atoms with E-state index in [0.29, 0.717) is 55.2 Å². The summed E-state index contributed by atoms with van der Waals surface area (Å²) in [5.41, 5.74) is 5.17. The molecule has 0 unspecified atom stereocenters. The lowest BCUT2D eigenvalue weighted by molar-refractivity contribution is -0.145. The van der Waals surface area contributed by atoms with Crippen molar-refractivity contribution in [2.75, 3.05) is 13.1 Å². The van der Waals surface area contributed by atoms with Crippen molar-refractivity contribution in [3.8, 4) is 0 Å². The van der Waals surface area contributed by atoms with Crippen molar-refractivity contribution in [2.45, 2.75) is 77.0 Å². The molecule has 2 fully saturated rings. The lowest BCUT2D eigenvalue weighted by atomic mass is 9.98. The van der Waals surface area contributed by atoms with Gasteiger partial charge in [0.15, 0.2) is 0 Å². The maximum Gasteiger partial charge on any atom is 0.396 e. The molecule has 14 nitrogen and oxygen atoms in total. The van der Waals surface area contributed by atoms with Gasteiger partial charge < -0.3 is 40.9 Å². The van der Waals surface area contributed by atoms with Gasteiger partial charge >= 0.3 is 7.60 Å². The van der Waals surface area contributed by atoms with Crippen LogP contribution in [0.3, 0.4) is 0 Å². The van der Waals surface area contributed by atoms with Gasteiger partial charge in [-0.3, -0.25) is 28.5 Å². The number of amides is 4. The molecule has 244 valence electrons. The zero-order valence-electron chi connectivity index (χ0n) is 25.6. The predicted molar refractivity (Wildman–Crippen MR) is 166 cm³/mol. The molecule has 2 aliphatic heterocycles. The van der Waals surface area contributed by atoms with E-state index in [1.54, 1.807) is 4.90 Å². The van der Waals surface area contributed by atoms with Crippen LogP contribution in [0.2, 0.25) is 0 Å². The van der Waals surface area contributed by atoms with Gasteiger partial charge in [-0.1, -0.05) is 20.4 Å². The van der Waals surface area contributed by atoms with E-state index >= 15 is 0 Å². The second-order valence-electron chi connectivity index (χ2n) is 12.2. The van der Waals surface area contributed by atoms with Crippen LogP contribution in [0, 0.1) is 5.92 Å². The second-order valence-corrected chi connectivity index (χ2v) is 13.7. The number of allylic oxidation sites excluding steroid dienone is 1. The third-order valence-corrected chi connectivity index (χ3v) is 9.32. The normalized spacial score (nSPS) is 21.2. The largest absolute Gasteiger partial charge is 0.403 e. The number of nitrogens with two attached hydrogens (primary N) is 1. The Labute approximate surface area is 260 Å². The fourth-order valence-electron chi connectivity index (χ4n) is 6.01. The molecule has 0 saturated carbocycles. The van der Waals surface area contributed by atoms with Crippen LogP contribution in [-0.2, 0) is 18.9 Å². The van der Waals surface area contributed by atoms with Gasteiger partial charge in [0, 0.05) is 54.3 Å². The second kappa shape index (κ2) is 13.6. The minimum absolute atomic E-state index is 0.0311. The Morgan fingerprint density at radius 2 is 1.87 bits per heavy atom. The zero-order valence-corrected chi connectivity index (χ0v) is 26.5. The fourth-order valence-corrected chi connectivity index (χ4v) is 6.48. The molecule has 4 amide bonds. The van der Waals surface area contributed by atoms with Crippen LogP contribution < -0.4 is 16.4 Å². The smallest absolute Gasteiger partial charge is 0.396 e. The predicted octanol–water partition coefficient (Wildman–Crippen LogP) is 1.59. The molecule has 2 aromatic rings. The summed E-state index contributed by atoms with van der Waals surface area (Å²) >= 11 is 0. The third-order valence-electron chi connectivity index (χ3n) is 8.53. The highest BCUT2D eigenvalue weighted by molar-refractivity contribution is 7.70. The number of rotatable bonds is 10. The van der Waals surface area contributed by atoms with Gasteiger partial charge in [-0.2, -0.15) is 0 Å². The Morgan fingerprint density at radius 1 is 1.16 bits per heavy atom. The number of aromatic amines is 1. The summed E-state index contributed by atoms with van der Waals surface area (Å²) in [7, 11) is -5.00. The van der Waals surface area contributed by atoms with Gasteiger partial charge in [0.1, 0.15) is 17.8 Å². The Balaban J connectivity index is 1.57. The van der Waals surface area contributed by atoms with E-state index in [9.17, 15) is 38.3 Å². The van der Waals surface area contributed by atoms with Crippen LogP contribution in [0.25, 0.3) is 10.9 Å². The number of nitrogens with one attached hydrogen (secondary N) is 3. The number of benzene rings is 1. The maximum absolute atomic E-state index is 14.1. The summed E-state index contributed by atoms with van der Waals surface area (Å²) in [6.45, 7) is 9.37. The zero-order chi connectivity index (χ0) is 33.2. The van der Waals surface area contributed by atoms with Gasteiger partial charge in [0.05, 0.1) is 0 Å². The number of aromatic nitrogens is 1. The summed E-state index contributed by atoms with van der Waals surface area (Å²) in [5, 5.41) is 6.16. The first-order chi connectivity index (χ1) is 21.1. The fraction of sp³-hybridized carbons (Fsp3) is 0.500. The number of carbonyl (C=O) groups excluding carboxylic acids is 5. The number of carbonyl (C=O) groups is 5. The molecule has 3 heterocycles. The summed E-state index contributed by atoms with van der Waals surface area (Å²) in [4.78, 5) is 90.0. The topological polar surface area (TPSA) is 215 Å². The van der Waals surface area contributed by atoms with E-state index in [2.05, 4.69) is 22.2 Å². The molecule has 2 aliphatic rings. The molecule has 0 radical (unpaired) electrons. The van der Waals surface area contributed by atoms with Crippen molar-refractivity contribution < 1.29 is 38.3 Å². The van der Waals surface area contributed by atoms with E-state index in [1.165, 1.54) is 36.1 Å². The number of hydrogen-bond donors (Lipinski definition) is 6. The molecule has 0 spiro atoms. The maximum atomic E-state index is 14.1. The monoisotopic (exact) mass is 644 g/mol.